The molecule has 0 aliphatic heterocycles. The summed E-state index contributed by atoms with van der Waals surface area (Å²) in [6.45, 7) is 9.42. The largest absolute Gasteiger partial charge is 0.296 e. The number of unbranched alkanes of at least 4 members (excludes halogenated alkanes) is 1. The third-order valence-electron chi connectivity index (χ3n) is 3.90. The molecule has 0 radical (unpaired) electrons. The summed E-state index contributed by atoms with van der Waals surface area (Å²) in [6, 6.07) is 8.59. The van der Waals surface area contributed by atoms with E-state index < -0.39 is 0 Å². The van der Waals surface area contributed by atoms with Crippen LogP contribution < -0.4 is 0 Å². The quantitative estimate of drug-likeness (QED) is 0.763. The maximum Gasteiger partial charge on any atom is 0.172 e. The first-order chi connectivity index (χ1) is 10.5. The molecule has 22 heavy (non-hydrogen) atoms. The molecule has 4 nitrogen and oxygen atoms in total. The van der Waals surface area contributed by atoms with Crippen LogP contribution in [0.2, 0.25) is 0 Å². The summed E-state index contributed by atoms with van der Waals surface area (Å²) < 4.78 is 1.85. The fraction of sp³-hybridized carbons (Fsp3) is 0.500. The van der Waals surface area contributed by atoms with Crippen molar-refractivity contribution in [1.82, 2.24) is 15.0 Å². The molecule has 1 heterocycles. The number of carbonyl (C=O) groups is 1. The van der Waals surface area contributed by atoms with Gasteiger partial charge in [0.25, 0.3) is 0 Å². The third kappa shape index (κ3) is 3.81. The summed E-state index contributed by atoms with van der Waals surface area (Å²) in [5.41, 5.74) is 4.06. The van der Waals surface area contributed by atoms with E-state index in [2.05, 4.69) is 62.3 Å². The zero-order valence-electron chi connectivity index (χ0n) is 14.0. The van der Waals surface area contributed by atoms with Gasteiger partial charge < -0.3 is 0 Å². The van der Waals surface area contributed by atoms with E-state index in [0.29, 0.717) is 12.2 Å². The van der Waals surface area contributed by atoms with Gasteiger partial charge in [0.15, 0.2) is 6.29 Å². The molecular formula is C18H25N3O. The summed E-state index contributed by atoms with van der Waals surface area (Å²) in [7, 11) is 0. The monoisotopic (exact) mass is 299 g/mol. The molecule has 0 fully saturated rings. The standard InChI is InChI=1S/C18H25N3O/c1-5-6-7-17-16(13-22)19-20-21(17)12-14-8-10-15(11-9-14)18(2,3)4/h8-11,13H,5-7,12H2,1-4H3. The molecule has 118 valence electrons. The van der Waals surface area contributed by atoms with Gasteiger partial charge in [-0.3, -0.25) is 4.79 Å². The zero-order valence-corrected chi connectivity index (χ0v) is 14.0. The number of aldehydes is 1. The summed E-state index contributed by atoms with van der Waals surface area (Å²) in [4.78, 5) is 11.1. The lowest BCUT2D eigenvalue weighted by Gasteiger charge is -2.19. The van der Waals surface area contributed by atoms with Crippen LogP contribution in [0.15, 0.2) is 24.3 Å². The van der Waals surface area contributed by atoms with Crippen molar-refractivity contribution in [3.63, 3.8) is 0 Å². The molecule has 0 spiro atoms. The lowest BCUT2D eigenvalue weighted by molar-refractivity contribution is 0.111. The Labute approximate surface area is 132 Å². The number of rotatable bonds is 6. The van der Waals surface area contributed by atoms with E-state index in [4.69, 9.17) is 0 Å². The van der Waals surface area contributed by atoms with Crippen LogP contribution in [-0.2, 0) is 18.4 Å². The molecule has 0 saturated heterocycles. The summed E-state index contributed by atoms with van der Waals surface area (Å²) in [5.74, 6) is 0. The van der Waals surface area contributed by atoms with Crippen molar-refractivity contribution in [1.29, 1.82) is 0 Å². The van der Waals surface area contributed by atoms with E-state index in [1.54, 1.807) is 0 Å². The average molecular weight is 299 g/mol. The Balaban J connectivity index is 2.20. The van der Waals surface area contributed by atoms with Gasteiger partial charge in [-0.05, 0) is 29.4 Å². The molecule has 0 N–H and O–H groups in total. The summed E-state index contributed by atoms with van der Waals surface area (Å²) in [5, 5.41) is 8.13. The first-order valence-electron chi connectivity index (χ1n) is 7.92. The molecule has 1 aromatic carbocycles. The van der Waals surface area contributed by atoms with Gasteiger partial charge in [0.1, 0.15) is 5.69 Å². The van der Waals surface area contributed by atoms with Crippen LogP contribution in [0.3, 0.4) is 0 Å². The Bertz CT molecular complexity index is 621. The number of nitrogens with zero attached hydrogens (tertiary/aromatic N) is 3. The van der Waals surface area contributed by atoms with Crippen molar-refractivity contribution in [2.45, 2.75) is 58.9 Å². The molecule has 0 aliphatic carbocycles. The highest BCUT2D eigenvalue weighted by Crippen LogP contribution is 2.22. The van der Waals surface area contributed by atoms with Crippen LogP contribution in [0.1, 0.15) is 67.8 Å². The van der Waals surface area contributed by atoms with Gasteiger partial charge in [0, 0.05) is 0 Å². The second kappa shape index (κ2) is 6.86. The van der Waals surface area contributed by atoms with Crippen LogP contribution in [0.25, 0.3) is 0 Å². The highest BCUT2D eigenvalue weighted by atomic mass is 16.1. The van der Waals surface area contributed by atoms with Crippen LogP contribution >= 0.6 is 0 Å². The molecule has 4 heteroatoms. The molecular weight excluding hydrogens is 274 g/mol. The minimum Gasteiger partial charge on any atom is -0.296 e. The van der Waals surface area contributed by atoms with Crippen molar-refractivity contribution in [3.8, 4) is 0 Å². The van der Waals surface area contributed by atoms with E-state index in [-0.39, 0.29) is 5.41 Å². The fourth-order valence-corrected chi connectivity index (χ4v) is 2.45. The summed E-state index contributed by atoms with van der Waals surface area (Å²) in [6.07, 6.45) is 3.77. The van der Waals surface area contributed by atoms with Crippen LogP contribution in [0.4, 0.5) is 0 Å². The second-order valence-corrected chi connectivity index (χ2v) is 6.75. The number of hydrogen-bond acceptors (Lipinski definition) is 3. The summed E-state index contributed by atoms with van der Waals surface area (Å²) >= 11 is 0. The Morgan fingerprint density at radius 2 is 1.86 bits per heavy atom. The minimum absolute atomic E-state index is 0.156. The number of carbonyl (C=O) groups excluding carboxylic acids is 1. The van der Waals surface area contributed by atoms with Gasteiger partial charge >= 0.3 is 0 Å². The molecule has 2 aromatic rings. The zero-order chi connectivity index (χ0) is 16.2. The van der Waals surface area contributed by atoms with E-state index in [9.17, 15) is 4.79 Å². The van der Waals surface area contributed by atoms with Crippen molar-refractivity contribution in [2.24, 2.45) is 0 Å². The van der Waals surface area contributed by atoms with Crippen molar-refractivity contribution < 1.29 is 4.79 Å². The Hall–Kier alpha value is -1.97. The van der Waals surface area contributed by atoms with Gasteiger partial charge in [0.2, 0.25) is 0 Å². The molecule has 0 amide bonds. The Morgan fingerprint density at radius 1 is 1.18 bits per heavy atom. The molecule has 0 saturated carbocycles. The fourth-order valence-electron chi connectivity index (χ4n) is 2.45. The number of hydrogen-bond donors (Lipinski definition) is 0. The van der Waals surface area contributed by atoms with E-state index in [1.807, 2.05) is 4.68 Å². The maximum atomic E-state index is 11.1. The van der Waals surface area contributed by atoms with Crippen LogP contribution in [-0.4, -0.2) is 21.3 Å². The number of aromatic nitrogens is 3. The molecule has 0 atom stereocenters. The van der Waals surface area contributed by atoms with E-state index in [1.165, 1.54) is 11.1 Å². The molecule has 1 aromatic heterocycles. The second-order valence-electron chi connectivity index (χ2n) is 6.75. The van der Waals surface area contributed by atoms with Crippen LogP contribution in [0.5, 0.6) is 0 Å². The van der Waals surface area contributed by atoms with Gasteiger partial charge in [-0.25, -0.2) is 4.68 Å². The lowest BCUT2D eigenvalue weighted by Crippen LogP contribution is -2.11. The first-order valence-corrected chi connectivity index (χ1v) is 7.92. The van der Waals surface area contributed by atoms with E-state index in [0.717, 1.165) is 31.2 Å². The lowest BCUT2D eigenvalue weighted by atomic mass is 9.87. The van der Waals surface area contributed by atoms with Gasteiger partial charge in [-0.1, -0.05) is 63.6 Å². The highest BCUT2D eigenvalue weighted by Gasteiger charge is 2.14. The SMILES string of the molecule is CCCCc1c(C=O)nnn1Cc1ccc(C(C)(C)C)cc1. The minimum atomic E-state index is 0.156. The Kier molecular flexibility index (Phi) is 5.11. The van der Waals surface area contributed by atoms with Crippen molar-refractivity contribution in [2.75, 3.05) is 0 Å². The number of benzene rings is 1. The average Bonchev–Trinajstić information content (AvgIpc) is 2.86. The van der Waals surface area contributed by atoms with E-state index >= 15 is 0 Å². The van der Waals surface area contributed by atoms with Crippen LogP contribution in [0, 0.1) is 0 Å². The van der Waals surface area contributed by atoms with Gasteiger partial charge in [0.05, 0.1) is 12.2 Å². The normalized spacial score (nSPS) is 11.6. The van der Waals surface area contributed by atoms with Crippen molar-refractivity contribution in [3.05, 3.63) is 46.8 Å². The van der Waals surface area contributed by atoms with Gasteiger partial charge in [-0.15, -0.1) is 5.10 Å². The maximum absolute atomic E-state index is 11.1. The molecule has 0 unspecified atom stereocenters. The first kappa shape index (κ1) is 16.4. The third-order valence-corrected chi connectivity index (χ3v) is 3.90. The topological polar surface area (TPSA) is 47.8 Å². The van der Waals surface area contributed by atoms with Crippen molar-refractivity contribution >= 4 is 6.29 Å². The smallest absolute Gasteiger partial charge is 0.172 e. The molecule has 2 rings (SSSR count). The highest BCUT2D eigenvalue weighted by molar-refractivity contribution is 5.73. The molecule has 0 aliphatic rings. The van der Waals surface area contributed by atoms with Gasteiger partial charge in [-0.2, -0.15) is 0 Å². The Morgan fingerprint density at radius 3 is 2.41 bits per heavy atom. The molecule has 0 bridgehead atoms. The predicted octanol–water partition coefficient (Wildman–Crippen LogP) is 3.78. The predicted molar refractivity (Wildman–Crippen MR) is 88.3 cm³/mol.